The van der Waals surface area contributed by atoms with Gasteiger partial charge >= 0.3 is 0 Å². The Morgan fingerprint density at radius 1 is 1.71 bits per heavy atom. The lowest BCUT2D eigenvalue weighted by molar-refractivity contribution is -0.117. The summed E-state index contributed by atoms with van der Waals surface area (Å²) in [6.07, 6.45) is 0.444. The third-order valence-electron chi connectivity index (χ3n) is 0.348. The second kappa shape index (κ2) is 8.96. The SMILES string of the molecule is C=C.CCC(N)=O. The highest BCUT2D eigenvalue weighted by Crippen LogP contribution is 1.63. The molecule has 7 heavy (non-hydrogen) atoms. The summed E-state index contributed by atoms with van der Waals surface area (Å²) in [4.78, 5) is 9.59. The van der Waals surface area contributed by atoms with E-state index < -0.39 is 0 Å². The maximum absolute atomic E-state index is 9.59. The summed E-state index contributed by atoms with van der Waals surface area (Å²) in [7, 11) is 0. The molecule has 0 aliphatic rings. The van der Waals surface area contributed by atoms with Crippen LogP contribution in [-0.4, -0.2) is 5.91 Å². The molecule has 0 unspecified atom stereocenters. The molecule has 0 bridgehead atoms. The average molecular weight is 101 g/mol. The summed E-state index contributed by atoms with van der Waals surface area (Å²) >= 11 is 0. The quantitative estimate of drug-likeness (QED) is 0.485. The van der Waals surface area contributed by atoms with Crippen LogP contribution in [0, 0.1) is 0 Å². The van der Waals surface area contributed by atoms with Crippen molar-refractivity contribution in [3.05, 3.63) is 13.2 Å². The molecule has 0 rings (SSSR count). The topological polar surface area (TPSA) is 43.1 Å². The number of amides is 1. The van der Waals surface area contributed by atoms with Crippen molar-refractivity contribution < 1.29 is 4.79 Å². The summed E-state index contributed by atoms with van der Waals surface area (Å²) in [5.74, 6) is -0.245. The van der Waals surface area contributed by atoms with Crippen molar-refractivity contribution in [1.82, 2.24) is 0 Å². The molecule has 0 fully saturated rings. The van der Waals surface area contributed by atoms with Crippen molar-refractivity contribution in [3.63, 3.8) is 0 Å². The van der Waals surface area contributed by atoms with Crippen LogP contribution in [0.4, 0.5) is 0 Å². The molecule has 1 amide bonds. The first kappa shape index (κ1) is 9.51. The Hall–Kier alpha value is -0.790. The lowest BCUT2D eigenvalue weighted by Gasteiger charge is -1.73. The monoisotopic (exact) mass is 101 g/mol. The van der Waals surface area contributed by atoms with Gasteiger partial charge in [0.2, 0.25) is 5.91 Å². The van der Waals surface area contributed by atoms with E-state index in [2.05, 4.69) is 18.9 Å². The molecule has 0 saturated carbocycles. The van der Waals surface area contributed by atoms with Gasteiger partial charge in [-0.3, -0.25) is 4.79 Å². The van der Waals surface area contributed by atoms with Gasteiger partial charge in [-0.2, -0.15) is 0 Å². The lowest BCUT2D eigenvalue weighted by atomic mass is 10.5. The summed E-state index contributed by atoms with van der Waals surface area (Å²) in [5, 5.41) is 0. The van der Waals surface area contributed by atoms with E-state index in [0.717, 1.165) is 0 Å². The second-order valence-electron chi connectivity index (χ2n) is 0.820. The van der Waals surface area contributed by atoms with E-state index in [1.807, 2.05) is 0 Å². The van der Waals surface area contributed by atoms with Crippen LogP contribution in [0.1, 0.15) is 13.3 Å². The van der Waals surface area contributed by atoms with E-state index in [1.54, 1.807) is 6.92 Å². The fourth-order valence-corrected chi connectivity index (χ4v) is 0. The molecule has 0 saturated heterocycles. The van der Waals surface area contributed by atoms with Crippen molar-refractivity contribution in [3.8, 4) is 0 Å². The smallest absolute Gasteiger partial charge is 0.217 e. The predicted molar refractivity (Wildman–Crippen MR) is 30.7 cm³/mol. The minimum absolute atomic E-state index is 0.245. The summed E-state index contributed by atoms with van der Waals surface area (Å²) in [6, 6.07) is 0. The molecule has 42 valence electrons. The van der Waals surface area contributed by atoms with Crippen LogP contribution in [0.15, 0.2) is 13.2 Å². The molecule has 2 nitrogen and oxygen atoms in total. The van der Waals surface area contributed by atoms with Crippen molar-refractivity contribution in [2.75, 3.05) is 0 Å². The molecule has 0 aromatic heterocycles. The number of hydrogen-bond acceptors (Lipinski definition) is 1. The van der Waals surface area contributed by atoms with Crippen LogP contribution in [0.5, 0.6) is 0 Å². The van der Waals surface area contributed by atoms with Gasteiger partial charge in [-0.05, 0) is 0 Å². The van der Waals surface area contributed by atoms with Gasteiger partial charge in [0.25, 0.3) is 0 Å². The molecule has 2 N–H and O–H groups in total. The van der Waals surface area contributed by atoms with Gasteiger partial charge in [-0.15, -0.1) is 13.2 Å². The highest BCUT2D eigenvalue weighted by Gasteiger charge is 1.77. The predicted octanol–water partition coefficient (Wildman–Crippen LogP) is 0.684. The Morgan fingerprint density at radius 3 is 1.86 bits per heavy atom. The molecular formula is C5H11NO. The van der Waals surface area contributed by atoms with E-state index in [-0.39, 0.29) is 5.91 Å². The average Bonchev–Trinajstić information content (AvgIpc) is 1.73. The third kappa shape index (κ3) is 36.7. The first-order valence-electron chi connectivity index (χ1n) is 2.05. The maximum Gasteiger partial charge on any atom is 0.217 e. The summed E-state index contributed by atoms with van der Waals surface area (Å²) < 4.78 is 0. The highest BCUT2D eigenvalue weighted by molar-refractivity contribution is 5.73. The molecule has 0 aliphatic heterocycles. The van der Waals surface area contributed by atoms with Crippen LogP contribution in [0.25, 0.3) is 0 Å². The minimum atomic E-state index is -0.245. The zero-order valence-electron chi connectivity index (χ0n) is 4.61. The Balaban J connectivity index is 0. The van der Waals surface area contributed by atoms with E-state index in [1.165, 1.54) is 0 Å². The minimum Gasteiger partial charge on any atom is -0.370 e. The fourth-order valence-electron chi connectivity index (χ4n) is 0. The zero-order chi connectivity index (χ0) is 6.28. The molecule has 0 aliphatic carbocycles. The van der Waals surface area contributed by atoms with Gasteiger partial charge < -0.3 is 5.73 Å². The number of carbonyl (C=O) groups excluding carboxylic acids is 1. The van der Waals surface area contributed by atoms with Crippen molar-refractivity contribution in [1.29, 1.82) is 0 Å². The molecule has 0 aromatic rings. The van der Waals surface area contributed by atoms with Gasteiger partial charge in [-0.1, -0.05) is 6.92 Å². The van der Waals surface area contributed by atoms with E-state index >= 15 is 0 Å². The number of carbonyl (C=O) groups is 1. The van der Waals surface area contributed by atoms with Crippen LogP contribution in [0.3, 0.4) is 0 Å². The summed E-state index contributed by atoms with van der Waals surface area (Å²) in [5.41, 5.74) is 4.65. The van der Waals surface area contributed by atoms with Crippen molar-refractivity contribution in [2.45, 2.75) is 13.3 Å². The molecule has 2 heteroatoms. The Labute approximate surface area is 44.0 Å². The fraction of sp³-hybridized carbons (Fsp3) is 0.400. The van der Waals surface area contributed by atoms with Gasteiger partial charge in [0.1, 0.15) is 0 Å². The Morgan fingerprint density at radius 2 is 1.86 bits per heavy atom. The van der Waals surface area contributed by atoms with Gasteiger partial charge in [0.15, 0.2) is 0 Å². The van der Waals surface area contributed by atoms with Crippen LogP contribution < -0.4 is 5.73 Å². The third-order valence-corrected chi connectivity index (χ3v) is 0.348. The van der Waals surface area contributed by atoms with Crippen LogP contribution in [-0.2, 0) is 4.79 Å². The van der Waals surface area contributed by atoms with Gasteiger partial charge in [-0.25, -0.2) is 0 Å². The number of nitrogens with two attached hydrogens (primary N) is 1. The number of hydrogen-bond donors (Lipinski definition) is 1. The van der Waals surface area contributed by atoms with Crippen LogP contribution in [0.2, 0.25) is 0 Å². The largest absolute Gasteiger partial charge is 0.370 e. The first-order chi connectivity index (χ1) is 3.27. The maximum atomic E-state index is 9.59. The van der Waals surface area contributed by atoms with Crippen molar-refractivity contribution >= 4 is 5.91 Å². The first-order valence-corrected chi connectivity index (χ1v) is 2.05. The molecular weight excluding hydrogens is 90.1 g/mol. The van der Waals surface area contributed by atoms with Gasteiger partial charge in [0, 0.05) is 6.42 Å². The highest BCUT2D eigenvalue weighted by atomic mass is 16.1. The lowest BCUT2D eigenvalue weighted by Crippen LogP contribution is -2.06. The number of primary amides is 1. The normalized spacial score (nSPS) is 5.86. The molecule has 0 atom stereocenters. The number of rotatable bonds is 1. The molecule has 0 heterocycles. The Kier molecular flexibility index (Phi) is 12.2. The second-order valence-corrected chi connectivity index (χ2v) is 0.820. The molecule has 0 spiro atoms. The summed E-state index contributed by atoms with van der Waals surface area (Å²) in [6.45, 7) is 7.72. The Bertz CT molecular complexity index is 52.0. The standard InChI is InChI=1S/C3H7NO.C2H4/c1-2-3(4)5;1-2/h2H2,1H3,(H2,4,5);1-2H2. The van der Waals surface area contributed by atoms with E-state index in [0.29, 0.717) is 6.42 Å². The molecule has 0 aromatic carbocycles. The zero-order valence-corrected chi connectivity index (χ0v) is 4.61. The van der Waals surface area contributed by atoms with E-state index in [4.69, 9.17) is 0 Å². The molecule has 0 radical (unpaired) electrons. The van der Waals surface area contributed by atoms with E-state index in [9.17, 15) is 4.79 Å². The van der Waals surface area contributed by atoms with Gasteiger partial charge in [0.05, 0.1) is 0 Å². The van der Waals surface area contributed by atoms with Crippen molar-refractivity contribution in [2.24, 2.45) is 5.73 Å². The van der Waals surface area contributed by atoms with Crippen LogP contribution >= 0.6 is 0 Å².